The van der Waals surface area contributed by atoms with Gasteiger partial charge in [-0.25, -0.2) is 4.98 Å². The number of aryl methyl sites for hydroxylation is 1. The summed E-state index contributed by atoms with van der Waals surface area (Å²) >= 11 is 7.35. The molecule has 3 aromatic rings. The second-order valence-corrected chi connectivity index (χ2v) is 6.04. The fraction of sp³-hybridized carbons (Fsp3) is 0.133. The van der Waals surface area contributed by atoms with Gasteiger partial charge in [-0.3, -0.25) is 15.1 Å². The first-order valence-corrected chi connectivity index (χ1v) is 8.04. The number of hydrogen-bond acceptors (Lipinski definition) is 7. The molecule has 0 fully saturated rings. The molecule has 0 spiro atoms. The minimum Gasteiger partial charge on any atom is -0.472 e. The molecule has 0 aliphatic heterocycles. The van der Waals surface area contributed by atoms with Crippen LogP contribution in [0.15, 0.2) is 30.6 Å². The first-order chi connectivity index (χ1) is 11.6. The quantitative estimate of drug-likeness (QED) is 0.717. The smallest absolute Gasteiger partial charge is 0.295 e. The van der Waals surface area contributed by atoms with Crippen LogP contribution in [-0.2, 0) is 0 Å². The van der Waals surface area contributed by atoms with E-state index in [1.54, 1.807) is 30.6 Å². The summed E-state index contributed by atoms with van der Waals surface area (Å²) in [5.41, 5.74) is 2.46. The van der Waals surface area contributed by atoms with Gasteiger partial charge < -0.3 is 4.74 Å². The lowest BCUT2D eigenvalue weighted by molar-refractivity contribution is 0.102. The largest absolute Gasteiger partial charge is 0.472 e. The molecular formula is C15H12ClN5O2S. The Morgan fingerprint density at radius 3 is 2.71 bits per heavy atom. The van der Waals surface area contributed by atoms with E-state index in [0.29, 0.717) is 21.6 Å². The van der Waals surface area contributed by atoms with Gasteiger partial charge in [-0.05, 0) is 47.6 Å². The van der Waals surface area contributed by atoms with E-state index in [0.717, 1.165) is 16.9 Å². The van der Waals surface area contributed by atoms with Gasteiger partial charge >= 0.3 is 0 Å². The number of hydrogen-bond donors (Lipinski definition) is 1. The van der Waals surface area contributed by atoms with Crippen LogP contribution in [0.4, 0.5) is 5.13 Å². The average molecular weight is 362 g/mol. The van der Waals surface area contributed by atoms with Crippen molar-refractivity contribution < 1.29 is 9.53 Å². The fourth-order valence-electron chi connectivity index (χ4n) is 2.11. The van der Waals surface area contributed by atoms with E-state index in [9.17, 15) is 4.79 Å². The van der Waals surface area contributed by atoms with Crippen LogP contribution in [0.5, 0.6) is 5.19 Å². The van der Waals surface area contributed by atoms with E-state index >= 15 is 0 Å². The molecule has 9 heteroatoms. The van der Waals surface area contributed by atoms with Gasteiger partial charge in [0.2, 0.25) is 5.13 Å². The van der Waals surface area contributed by atoms with Gasteiger partial charge in [0.25, 0.3) is 11.1 Å². The molecule has 1 N–H and O–H groups in total. The number of pyridine rings is 2. The Hall–Kier alpha value is -2.58. The molecule has 0 aromatic carbocycles. The highest BCUT2D eigenvalue weighted by Crippen LogP contribution is 2.30. The van der Waals surface area contributed by atoms with Gasteiger partial charge in [0.05, 0.1) is 12.7 Å². The Labute approximate surface area is 146 Å². The van der Waals surface area contributed by atoms with Crippen LogP contribution in [-0.4, -0.2) is 33.2 Å². The lowest BCUT2D eigenvalue weighted by Crippen LogP contribution is -2.15. The van der Waals surface area contributed by atoms with Gasteiger partial charge in [-0.2, -0.15) is 0 Å². The van der Waals surface area contributed by atoms with Gasteiger partial charge in [-0.15, -0.1) is 5.10 Å². The Bertz CT molecular complexity index is 885. The summed E-state index contributed by atoms with van der Waals surface area (Å²) in [6.45, 7) is 1.81. The van der Waals surface area contributed by atoms with Crippen LogP contribution in [0.1, 0.15) is 16.1 Å². The molecule has 3 aromatic heterocycles. The standard InChI is InChI=1S/C15H12ClN5O2S/c1-8-7-10(9-3-5-17-6-4-9)11(12(16)18-8)13(22)19-14-20-21-15(23-2)24-14/h3-7H,1-2H3,(H,19,20,22). The van der Waals surface area contributed by atoms with Gasteiger partial charge in [0.15, 0.2) is 0 Å². The molecule has 1 amide bonds. The van der Waals surface area contributed by atoms with Crippen molar-refractivity contribution in [3.8, 4) is 16.3 Å². The van der Waals surface area contributed by atoms with E-state index in [1.165, 1.54) is 7.11 Å². The zero-order chi connectivity index (χ0) is 17.1. The number of amides is 1. The SMILES string of the molecule is COc1nnc(NC(=O)c2c(-c3ccncc3)cc(C)nc2Cl)s1. The molecule has 0 aliphatic carbocycles. The molecule has 122 valence electrons. The van der Waals surface area contributed by atoms with Crippen molar-refractivity contribution in [3.63, 3.8) is 0 Å². The average Bonchev–Trinajstić information content (AvgIpc) is 3.02. The number of aromatic nitrogens is 4. The lowest BCUT2D eigenvalue weighted by Gasteiger charge is -2.11. The van der Waals surface area contributed by atoms with Crippen LogP contribution in [0.3, 0.4) is 0 Å². The minimum atomic E-state index is -0.418. The van der Waals surface area contributed by atoms with Crippen molar-refractivity contribution in [2.45, 2.75) is 6.92 Å². The maximum atomic E-state index is 12.7. The molecule has 0 aliphatic rings. The summed E-state index contributed by atoms with van der Waals surface area (Å²) in [6, 6.07) is 5.41. The number of ether oxygens (including phenoxy) is 1. The predicted molar refractivity (Wildman–Crippen MR) is 91.6 cm³/mol. The summed E-state index contributed by atoms with van der Waals surface area (Å²) < 4.78 is 4.96. The second-order valence-electron chi connectivity index (χ2n) is 4.74. The zero-order valence-corrected chi connectivity index (χ0v) is 14.4. The summed E-state index contributed by atoms with van der Waals surface area (Å²) in [5.74, 6) is -0.418. The lowest BCUT2D eigenvalue weighted by atomic mass is 10.0. The monoisotopic (exact) mass is 361 g/mol. The third-order valence-corrected chi connectivity index (χ3v) is 4.20. The first kappa shape index (κ1) is 16.3. The topological polar surface area (TPSA) is 89.9 Å². The van der Waals surface area contributed by atoms with Crippen LogP contribution in [0.2, 0.25) is 5.15 Å². The number of anilines is 1. The maximum Gasteiger partial charge on any atom is 0.295 e. The van der Waals surface area contributed by atoms with E-state index in [1.807, 2.05) is 6.92 Å². The third kappa shape index (κ3) is 3.34. The number of carbonyl (C=O) groups is 1. The minimum absolute atomic E-state index is 0.121. The van der Waals surface area contributed by atoms with Crippen LogP contribution in [0, 0.1) is 6.92 Å². The molecule has 0 atom stereocenters. The third-order valence-electron chi connectivity index (χ3n) is 3.12. The zero-order valence-electron chi connectivity index (χ0n) is 12.8. The van der Waals surface area contributed by atoms with Crippen molar-refractivity contribution in [2.75, 3.05) is 12.4 Å². The Morgan fingerprint density at radius 2 is 2.04 bits per heavy atom. The summed E-state index contributed by atoms with van der Waals surface area (Å²) in [6.07, 6.45) is 3.30. The summed E-state index contributed by atoms with van der Waals surface area (Å²) in [5, 5.41) is 11.1. The molecule has 0 bridgehead atoms. The van der Waals surface area contributed by atoms with Gasteiger partial charge in [0, 0.05) is 18.1 Å². The number of halogens is 1. The number of carbonyl (C=O) groups excluding carboxylic acids is 1. The molecule has 0 radical (unpaired) electrons. The number of nitrogens with zero attached hydrogens (tertiary/aromatic N) is 4. The van der Waals surface area contributed by atoms with Gasteiger partial charge in [-0.1, -0.05) is 16.7 Å². The molecule has 0 unspecified atom stereocenters. The molecule has 0 saturated carbocycles. The number of rotatable bonds is 4. The molecule has 7 nitrogen and oxygen atoms in total. The normalized spacial score (nSPS) is 10.5. The highest BCUT2D eigenvalue weighted by molar-refractivity contribution is 7.17. The van der Waals surface area contributed by atoms with E-state index in [2.05, 4.69) is 25.5 Å². The number of nitrogens with one attached hydrogen (secondary N) is 1. The molecule has 3 heterocycles. The molecule has 3 rings (SSSR count). The molecule has 24 heavy (non-hydrogen) atoms. The maximum absolute atomic E-state index is 12.7. The second kappa shape index (κ2) is 6.90. The van der Waals surface area contributed by atoms with Crippen LogP contribution >= 0.6 is 22.9 Å². The first-order valence-electron chi connectivity index (χ1n) is 6.85. The Balaban J connectivity index is 2.01. The Morgan fingerprint density at radius 1 is 1.29 bits per heavy atom. The van der Waals surface area contributed by atoms with Crippen molar-refractivity contribution >= 4 is 34.0 Å². The summed E-state index contributed by atoms with van der Waals surface area (Å²) in [7, 11) is 1.48. The highest BCUT2D eigenvalue weighted by Gasteiger charge is 2.20. The van der Waals surface area contributed by atoms with Gasteiger partial charge in [0.1, 0.15) is 5.15 Å². The van der Waals surface area contributed by atoms with E-state index in [-0.39, 0.29) is 10.7 Å². The van der Waals surface area contributed by atoms with Crippen molar-refractivity contribution in [1.29, 1.82) is 0 Å². The molecular weight excluding hydrogens is 350 g/mol. The van der Waals surface area contributed by atoms with Crippen LogP contribution < -0.4 is 10.1 Å². The van der Waals surface area contributed by atoms with E-state index < -0.39 is 5.91 Å². The van der Waals surface area contributed by atoms with Crippen LogP contribution in [0.25, 0.3) is 11.1 Å². The van der Waals surface area contributed by atoms with E-state index in [4.69, 9.17) is 16.3 Å². The predicted octanol–water partition coefficient (Wildman–Crippen LogP) is 3.22. The molecule has 0 saturated heterocycles. The number of methoxy groups -OCH3 is 1. The Kier molecular flexibility index (Phi) is 4.68. The summed E-state index contributed by atoms with van der Waals surface area (Å²) in [4.78, 5) is 20.9. The van der Waals surface area contributed by atoms with Crippen molar-refractivity contribution in [3.05, 3.63) is 47.0 Å². The fourth-order valence-corrected chi connectivity index (χ4v) is 2.99. The highest BCUT2D eigenvalue weighted by atomic mass is 35.5. The van der Waals surface area contributed by atoms with Crippen molar-refractivity contribution in [1.82, 2.24) is 20.2 Å². The van der Waals surface area contributed by atoms with Crippen molar-refractivity contribution in [2.24, 2.45) is 0 Å².